The van der Waals surface area contributed by atoms with E-state index in [1.54, 1.807) is 42.6 Å². The molecule has 2 heterocycles. The number of carbonyl (C=O) groups is 1. The van der Waals surface area contributed by atoms with Gasteiger partial charge in [0.05, 0.1) is 28.8 Å². The van der Waals surface area contributed by atoms with Crippen molar-refractivity contribution >= 4 is 26.6 Å². The Bertz CT molecular complexity index is 1310. The molecule has 8 heteroatoms. The van der Waals surface area contributed by atoms with E-state index >= 15 is 0 Å². The van der Waals surface area contributed by atoms with Gasteiger partial charge < -0.3 is 9.64 Å². The second kappa shape index (κ2) is 9.35. The monoisotopic (exact) mass is 479 g/mol. The largest absolute Gasteiger partial charge is 0.496 e. The predicted molar refractivity (Wildman–Crippen MR) is 131 cm³/mol. The summed E-state index contributed by atoms with van der Waals surface area (Å²) in [5.41, 5.74) is 1.49. The minimum atomic E-state index is -3.65. The zero-order valence-electron chi connectivity index (χ0n) is 19.3. The Kier molecular flexibility index (Phi) is 6.27. The van der Waals surface area contributed by atoms with Crippen LogP contribution in [-0.2, 0) is 15.6 Å². The highest BCUT2D eigenvalue weighted by molar-refractivity contribution is 7.90. The highest BCUT2D eigenvalue weighted by Gasteiger charge is 2.29. The van der Waals surface area contributed by atoms with E-state index in [0.29, 0.717) is 35.5 Å². The first-order chi connectivity index (χ1) is 16.4. The van der Waals surface area contributed by atoms with Crippen LogP contribution < -0.4 is 4.74 Å². The fraction of sp³-hybridized carbons (Fsp3) is 0.385. The van der Waals surface area contributed by atoms with E-state index in [9.17, 15) is 13.2 Å². The molecule has 1 aromatic heterocycles. The highest BCUT2D eigenvalue weighted by atomic mass is 32.2. The zero-order chi connectivity index (χ0) is 23.7. The molecule has 2 aliphatic rings. The Morgan fingerprint density at radius 1 is 1.06 bits per heavy atom. The van der Waals surface area contributed by atoms with Gasteiger partial charge in [0.25, 0.3) is 5.91 Å². The number of sulfone groups is 1. The van der Waals surface area contributed by atoms with Crippen LogP contribution in [0, 0.1) is 5.92 Å². The van der Waals surface area contributed by atoms with Gasteiger partial charge in [-0.3, -0.25) is 14.7 Å². The van der Waals surface area contributed by atoms with E-state index in [1.165, 1.54) is 20.0 Å². The molecule has 1 amide bonds. The standard InChI is InChI=1S/C26H29N3O4S/c1-33-23-16-20(18-34(31,32)24-6-2-4-21-5-3-11-27-25(21)24)9-10-22(23)26(30)29-14-12-28(13-15-29)17-19-7-8-19/h2-6,9-11,16,19H,7-8,12-15,17-18H2,1H3. The Hall–Kier alpha value is -2.97. The van der Waals surface area contributed by atoms with Crippen molar-refractivity contribution in [1.29, 1.82) is 0 Å². The summed E-state index contributed by atoms with van der Waals surface area (Å²) in [6.07, 6.45) is 4.25. The molecule has 2 fully saturated rings. The molecule has 0 unspecified atom stereocenters. The maximum Gasteiger partial charge on any atom is 0.257 e. The van der Waals surface area contributed by atoms with Crippen molar-refractivity contribution in [2.45, 2.75) is 23.5 Å². The van der Waals surface area contributed by atoms with Crippen LogP contribution in [0.5, 0.6) is 5.75 Å². The van der Waals surface area contributed by atoms with E-state index in [0.717, 1.165) is 30.9 Å². The lowest BCUT2D eigenvalue weighted by molar-refractivity contribution is 0.0629. The molecule has 1 saturated heterocycles. The topological polar surface area (TPSA) is 79.8 Å². The third-order valence-corrected chi connectivity index (χ3v) is 8.37. The molecular formula is C26H29N3O4S. The third-order valence-electron chi connectivity index (χ3n) is 6.66. The number of aromatic nitrogens is 1. The molecule has 5 rings (SSSR count). The number of methoxy groups -OCH3 is 1. The molecule has 2 aromatic carbocycles. The lowest BCUT2D eigenvalue weighted by Gasteiger charge is -2.35. The molecule has 0 N–H and O–H groups in total. The predicted octanol–water partition coefficient (Wildman–Crippen LogP) is 3.39. The molecular weight excluding hydrogens is 450 g/mol. The van der Waals surface area contributed by atoms with Crippen molar-refractivity contribution in [3.63, 3.8) is 0 Å². The van der Waals surface area contributed by atoms with Crippen LogP contribution in [-0.4, -0.2) is 68.9 Å². The minimum absolute atomic E-state index is 0.0735. The molecule has 0 bridgehead atoms. The van der Waals surface area contributed by atoms with Crippen molar-refractivity contribution in [1.82, 2.24) is 14.8 Å². The number of para-hydroxylation sites is 1. The number of fused-ring (bicyclic) bond motifs is 1. The average Bonchev–Trinajstić information content (AvgIpc) is 3.67. The van der Waals surface area contributed by atoms with Gasteiger partial charge in [-0.1, -0.05) is 24.3 Å². The summed E-state index contributed by atoms with van der Waals surface area (Å²) in [6, 6.07) is 13.8. The summed E-state index contributed by atoms with van der Waals surface area (Å²) >= 11 is 0. The fourth-order valence-corrected chi connectivity index (χ4v) is 6.12. The van der Waals surface area contributed by atoms with Crippen LogP contribution in [0.1, 0.15) is 28.8 Å². The molecule has 34 heavy (non-hydrogen) atoms. The summed E-state index contributed by atoms with van der Waals surface area (Å²) in [5, 5.41) is 0.777. The molecule has 0 atom stereocenters. The third kappa shape index (κ3) is 4.79. The van der Waals surface area contributed by atoms with Crippen molar-refractivity contribution < 1.29 is 17.9 Å². The molecule has 0 radical (unpaired) electrons. The first-order valence-corrected chi connectivity index (χ1v) is 13.3. The number of rotatable bonds is 7. The number of nitrogens with zero attached hydrogens (tertiary/aromatic N) is 3. The normalized spacial score (nSPS) is 17.1. The lowest BCUT2D eigenvalue weighted by Crippen LogP contribution is -2.49. The number of ether oxygens (including phenoxy) is 1. The quantitative estimate of drug-likeness (QED) is 0.517. The Morgan fingerprint density at radius 3 is 2.56 bits per heavy atom. The van der Waals surface area contributed by atoms with E-state index in [2.05, 4.69) is 9.88 Å². The van der Waals surface area contributed by atoms with Gasteiger partial charge in [-0.15, -0.1) is 0 Å². The van der Waals surface area contributed by atoms with Crippen LogP contribution >= 0.6 is 0 Å². The van der Waals surface area contributed by atoms with Crippen molar-refractivity contribution in [2.75, 3.05) is 39.8 Å². The van der Waals surface area contributed by atoms with Gasteiger partial charge in [0, 0.05) is 44.3 Å². The minimum Gasteiger partial charge on any atom is -0.496 e. The molecule has 1 aliphatic carbocycles. The number of carbonyl (C=O) groups excluding carboxylic acids is 1. The summed E-state index contributed by atoms with van der Waals surface area (Å²) in [5.74, 6) is 0.966. The molecule has 1 saturated carbocycles. The molecule has 7 nitrogen and oxygen atoms in total. The number of amides is 1. The Labute approximate surface area is 200 Å². The van der Waals surface area contributed by atoms with Crippen LogP contribution in [0.25, 0.3) is 10.9 Å². The first kappa shape index (κ1) is 22.8. The van der Waals surface area contributed by atoms with Crippen LogP contribution in [0.3, 0.4) is 0 Å². The van der Waals surface area contributed by atoms with Crippen LogP contribution in [0.2, 0.25) is 0 Å². The van der Waals surface area contributed by atoms with E-state index in [1.807, 2.05) is 17.0 Å². The van der Waals surface area contributed by atoms with Crippen molar-refractivity contribution in [3.8, 4) is 5.75 Å². The molecule has 178 valence electrons. The first-order valence-electron chi connectivity index (χ1n) is 11.7. The van der Waals surface area contributed by atoms with E-state index in [-0.39, 0.29) is 16.6 Å². The zero-order valence-corrected chi connectivity index (χ0v) is 20.1. The maximum atomic E-state index is 13.2. The van der Waals surface area contributed by atoms with E-state index < -0.39 is 9.84 Å². The molecule has 3 aromatic rings. The smallest absolute Gasteiger partial charge is 0.257 e. The lowest BCUT2D eigenvalue weighted by atomic mass is 10.1. The summed E-state index contributed by atoms with van der Waals surface area (Å²) in [7, 11) is -2.14. The Balaban J connectivity index is 1.33. The van der Waals surface area contributed by atoms with Gasteiger partial charge in [-0.2, -0.15) is 0 Å². The van der Waals surface area contributed by atoms with Gasteiger partial charge >= 0.3 is 0 Å². The number of hydrogen-bond acceptors (Lipinski definition) is 6. The van der Waals surface area contributed by atoms with Crippen molar-refractivity contribution in [2.24, 2.45) is 5.92 Å². The van der Waals surface area contributed by atoms with Gasteiger partial charge in [0.2, 0.25) is 0 Å². The SMILES string of the molecule is COc1cc(CS(=O)(=O)c2cccc3cccnc23)ccc1C(=O)N1CCN(CC2CC2)CC1. The second-order valence-electron chi connectivity index (χ2n) is 9.16. The second-order valence-corrected chi connectivity index (χ2v) is 11.1. The number of benzene rings is 2. The van der Waals surface area contributed by atoms with Gasteiger partial charge in [0.1, 0.15) is 5.75 Å². The number of pyridine rings is 1. The van der Waals surface area contributed by atoms with E-state index in [4.69, 9.17) is 4.74 Å². The molecule has 1 aliphatic heterocycles. The summed E-state index contributed by atoms with van der Waals surface area (Å²) in [4.78, 5) is 22.0. The van der Waals surface area contributed by atoms with Crippen LogP contribution in [0.4, 0.5) is 0 Å². The molecule has 0 spiro atoms. The van der Waals surface area contributed by atoms with Crippen LogP contribution in [0.15, 0.2) is 59.6 Å². The number of hydrogen-bond donors (Lipinski definition) is 0. The summed E-state index contributed by atoms with van der Waals surface area (Å²) < 4.78 is 32.0. The Morgan fingerprint density at radius 2 is 1.82 bits per heavy atom. The van der Waals surface area contributed by atoms with Gasteiger partial charge in [-0.25, -0.2) is 8.42 Å². The fourth-order valence-electron chi connectivity index (χ4n) is 4.60. The average molecular weight is 480 g/mol. The van der Waals surface area contributed by atoms with Crippen molar-refractivity contribution in [3.05, 3.63) is 65.9 Å². The van der Waals surface area contributed by atoms with Gasteiger partial charge in [0.15, 0.2) is 9.84 Å². The summed E-state index contributed by atoms with van der Waals surface area (Å²) in [6.45, 7) is 4.30. The maximum absolute atomic E-state index is 13.2. The number of piperazine rings is 1. The highest BCUT2D eigenvalue weighted by Crippen LogP contribution is 2.30. The van der Waals surface area contributed by atoms with Gasteiger partial charge in [-0.05, 0) is 48.6 Å².